The fourth-order valence-corrected chi connectivity index (χ4v) is 7.54. The molecule has 4 bridgehead atoms. The summed E-state index contributed by atoms with van der Waals surface area (Å²) in [6, 6.07) is 9.69. The van der Waals surface area contributed by atoms with Gasteiger partial charge in [0.15, 0.2) is 11.5 Å². The lowest BCUT2D eigenvalue weighted by molar-refractivity contribution is -0.0167. The van der Waals surface area contributed by atoms with E-state index in [4.69, 9.17) is 11.6 Å². The number of fused-ring (bicyclic) bond motifs is 3. The van der Waals surface area contributed by atoms with Gasteiger partial charge in [-0.2, -0.15) is 0 Å². The molecule has 1 amide bonds. The smallest absolute Gasteiger partial charge is 0.251 e. The number of aromatic nitrogens is 4. The summed E-state index contributed by atoms with van der Waals surface area (Å²) in [6.07, 6.45) is 7.26. The van der Waals surface area contributed by atoms with Gasteiger partial charge in [0.1, 0.15) is 5.82 Å². The topological polar surface area (TPSA) is 72.2 Å². The standard InChI is InChI=1S/C27H25ClFN5O/c1-14-24-32-33-25(20-10-19(29)3-4-21(20)28)34(24)23-9-18(2-5-22(23)30-14)26(35)31-27-11-15-6-16(12-27)8-17(7-15)13-27/h2-5,9-10,15-17H,6-8,11-13H2,1H3,(H,31,35). The van der Waals surface area contributed by atoms with Crippen molar-refractivity contribution in [1.82, 2.24) is 24.9 Å². The minimum Gasteiger partial charge on any atom is -0.347 e. The van der Waals surface area contributed by atoms with Crippen molar-refractivity contribution in [3.63, 3.8) is 0 Å². The number of carbonyl (C=O) groups is 1. The molecular formula is C27H25ClFN5O. The van der Waals surface area contributed by atoms with E-state index in [9.17, 15) is 9.18 Å². The third-order valence-electron chi connectivity index (χ3n) is 8.34. The Kier molecular flexibility index (Phi) is 4.53. The van der Waals surface area contributed by atoms with Gasteiger partial charge >= 0.3 is 0 Å². The summed E-state index contributed by atoms with van der Waals surface area (Å²) in [6.45, 7) is 1.86. The van der Waals surface area contributed by atoms with E-state index in [1.165, 1.54) is 37.5 Å². The third kappa shape index (κ3) is 3.35. The first kappa shape index (κ1) is 21.2. The van der Waals surface area contributed by atoms with Crippen molar-refractivity contribution in [2.75, 3.05) is 0 Å². The number of aryl methyl sites for hydroxylation is 1. The van der Waals surface area contributed by atoms with Crippen LogP contribution in [0.2, 0.25) is 5.02 Å². The van der Waals surface area contributed by atoms with Crippen LogP contribution in [0, 0.1) is 30.5 Å². The average molecular weight is 490 g/mol. The molecule has 2 aromatic carbocycles. The second kappa shape index (κ2) is 7.47. The summed E-state index contributed by atoms with van der Waals surface area (Å²) in [5, 5.41) is 12.5. The van der Waals surface area contributed by atoms with E-state index in [0.29, 0.717) is 44.3 Å². The molecule has 8 rings (SSSR count). The molecule has 4 aliphatic rings. The van der Waals surface area contributed by atoms with Crippen LogP contribution in [0.1, 0.15) is 54.6 Å². The first-order valence-electron chi connectivity index (χ1n) is 12.3. The molecule has 178 valence electrons. The molecule has 0 spiro atoms. The zero-order chi connectivity index (χ0) is 23.9. The van der Waals surface area contributed by atoms with E-state index in [1.54, 1.807) is 0 Å². The Morgan fingerprint density at radius 1 is 1.06 bits per heavy atom. The largest absolute Gasteiger partial charge is 0.347 e. The Bertz CT molecular complexity index is 1490. The van der Waals surface area contributed by atoms with Crippen LogP contribution >= 0.6 is 11.6 Å². The summed E-state index contributed by atoms with van der Waals surface area (Å²) >= 11 is 6.41. The number of hydrogen-bond acceptors (Lipinski definition) is 4. The quantitative estimate of drug-likeness (QED) is 0.398. The van der Waals surface area contributed by atoms with Gasteiger partial charge in [-0.25, -0.2) is 9.37 Å². The van der Waals surface area contributed by atoms with Crippen molar-refractivity contribution < 1.29 is 9.18 Å². The molecule has 0 unspecified atom stereocenters. The Morgan fingerprint density at radius 2 is 1.77 bits per heavy atom. The van der Waals surface area contributed by atoms with Crippen LogP contribution in [0.15, 0.2) is 36.4 Å². The van der Waals surface area contributed by atoms with Gasteiger partial charge < -0.3 is 5.32 Å². The van der Waals surface area contributed by atoms with Crippen LogP contribution in [-0.2, 0) is 0 Å². The van der Waals surface area contributed by atoms with E-state index in [1.807, 2.05) is 29.5 Å². The maximum absolute atomic E-state index is 14.1. The second-order valence-corrected chi connectivity index (χ2v) is 11.3. The summed E-state index contributed by atoms with van der Waals surface area (Å²) in [4.78, 5) is 18.2. The molecule has 4 aromatic rings. The van der Waals surface area contributed by atoms with Gasteiger partial charge in [-0.15, -0.1) is 10.2 Å². The Hall–Kier alpha value is -3.06. The predicted octanol–water partition coefficient (Wildman–Crippen LogP) is 5.74. The highest BCUT2D eigenvalue weighted by atomic mass is 35.5. The van der Waals surface area contributed by atoms with Crippen molar-refractivity contribution in [3.8, 4) is 11.4 Å². The van der Waals surface area contributed by atoms with E-state index >= 15 is 0 Å². The number of rotatable bonds is 3. The van der Waals surface area contributed by atoms with Crippen molar-refractivity contribution in [3.05, 3.63) is 58.5 Å². The van der Waals surface area contributed by atoms with E-state index < -0.39 is 5.82 Å². The summed E-state index contributed by atoms with van der Waals surface area (Å²) in [5.41, 5.74) is 3.57. The molecule has 4 saturated carbocycles. The maximum atomic E-state index is 14.1. The van der Waals surface area contributed by atoms with Crippen LogP contribution in [-0.4, -0.2) is 31.0 Å². The van der Waals surface area contributed by atoms with Crippen LogP contribution in [0.25, 0.3) is 28.1 Å². The number of amides is 1. The minimum absolute atomic E-state index is 0.0546. The highest BCUT2D eigenvalue weighted by molar-refractivity contribution is 6.33. The lowest BCUT2D eigenvalue weighted by Gasteiger charge is -2.56. The van der Waals surface area contributed by atoms with Crippen molar-refractivity contribution in [2.45, 2.75) is 51.0 Å². The maximum Gasteiger partial charge on any atom is 0.251 e. The highest BCUT2D eigenvalue weighted by Gasteiger charge is 2.51. The first-order valence-corrected chi connectivity index (χ1v) is 12.7. The molecule has 0 saturated heterocycles. The molecule has 1 N–H and O–H groups in total. The number of carbonyl (C=O) groups excluding carboxylic acids is 1. The molecule has 2 heterocycles. The summed E-state index contributed by atoms with van der Waals surface area (Å²) < 4.78 is 15.9. The number of halogens is 2. The third-order valence-corrected chi connectivity index (χ3v) is 8.67. The molecule has 6 nitrogen and oxygen atoms in total. The molecule has 4 fully saturated rings. The molecule has 2 aromatic heterocycles. The average Bonchev–Trinajstić information content (AvgIpc) is 3.25. The number of benzene rings is 2. The fourth-order valence-electron chi connectivity index (χ4n) is 7.34. The zero-order valence-electron chi connectivity index (χ0n) is 19.4. The van der Waals surface area contributed by atoms with E-state index in [0.717, 1.165) is 37.0 Å². The predicted molar refractivity (Wildman–Crippen MR) is 132 cm³/mol. The fraction of sp³-hybridized carbons (Fsp3) is 0.407. The summed E-state index contributed by atoms with van der Waals surface area (Å²) in [5.74, 6) is 2.20. The normalized spacial score (nSPS) is 27.1. The monoisotopic (exact) mass is 489 g/mol. The van der Waals surface area contributed by atoms with Crippen LogP contribution < -0.4 is 5.32 Å². The van der Waals surface area contributed by atoms with Crippen molar-refractivity contribution >= 4 is 34.2 Å². The molecule has 0 aliphatic heterocycles. The van der Waals surface area contributed by atoms with Crippen LogP contribution in [0.4, 0.5) is 4.39 Å². The highest BCUT2D eigenvalue weighted by Crippen LogP contribution is 2.55. The van der Waals surface area contributed by atoms with Crippen LogP contribution in [0.3, 0.4) is 0 Å². The van der Waals surface area contributed by atoms with Gasteiger partial charge in [0.05, 0.1) is 21.7 Å². The van der Waals surface area contributed by atoms with Gasteiger partial charge in [-0.3, -0.25) is 9.20 Å². The Balaban J connectivity index is 1.33. The molecule has 35 heavy (non-hydrogen) atoms. The molecule has 4 aliphatic carbocycles. The van der Waals surface area contributed by atoms with Gasteiger partial charge in [0, 0.05) is 16.7 Å². The summed E-state index contributed by atoms with van der Waals surface area (Å²) in [7, 11) is 0. The minimum atomic E-state index is -0.410. The molecular weight excluding hydrogens is 465 g/mol. The Morgan fingerprint density at radius 3 is 2.49 bits per heavy atom. The SMILES string of the molecule is Cc1nc2ccc(C(=O)NC34CC5CC(CC(C5)C3)C4)cc2n2c(-c3cc(F)ccc3Cl)nnc12. The van der Waals surface area contributed by atoms with Gasteiger partial charge in [0.25, 0.3) is 5.91 Å². The first-order chi connectivity index (χ1) is 16.9. The molecule has 0 radical (unpaired) electrons. The number of nitrogens with one attached hydrogen (secondary N) is 1. The number of hydrogen-bond donors (Lipinski definition) is 1. The number of nitrogens with zero attached hydrogens (tertiary/aromatic N) is 4. The molecule has 8 heteroatoms. The van der Waals surface area contributed by atoms with Crippen molar-refractivity contribution in [1.29, 1.82) is 0 Å². The van der Waals surface area contributed by atoms with Gasteiger partial charge in [-0.1, -0.05) is 11.6 Å². The Labute approximate surface area is 206 Å². The van der Waals surface area contributed by atoms with Crippen molar-refractivity contribution in [2.24, 2.45) is 17.8 Å². The van der Waals surface area contributed by atoms with Gasteiger partial charge in [-0.05, 0) is 99.6 Å². The lowest BCUT2D eigenvalue weighted by Crippen LogP contribution is -2.59. The zero-order valence-corrected chi connectivity index (χ0v) is 20.1. The van der Waals surface area contributed by atoms with Gasteiger partial charge in [0.2, 0.25) is 0 Å². The van der Waals surface area contributed by atoms with Crippen LogP contribution in [0.5, 0.6) is 0 Å². The lowest BCUT2D eigenvalue weighted by atomic mass is 9.53. The van der Waals surface area contributed by atoms with E-state index in [-0.39, 0.29) is 11.4 Å². The second-order valence-electron chi connectivity index (χ2n) is 10.9. The molecule has 0 atom stereocenters. The van der Waals surface area contributed by atoms with E-state index in [2.05, 4.69) is 20.5 Å².